The molecule has 2 aromatic carbocycles. The lowest BCUT2D eigenvalue weighted by molar-refractivity contribution is 0.454. The Morgan fingerprint density at radius 2 is 1.85 bits per heavy atom. The van der Waals surface area contributed by atoms with E-state index in [0.717, 1.165) is 31.7 Å². The van der Waals surface area contributed by atoms with Crippen LogP contribution in [0.25, 0.3) is 11.3 Å². The molecule has 27 heavy (non-hydrogen) atoms. The van der Waals surface area contributed by atoms with Gasteiger partial charge in [0.2, 0.25) is 0 Å². The van der Waals surface area contributed by atoms with Gasteiger partial charge in [-0.1, -0.05) is 42.5 Å². The maximum Gasteiger partial charge on any atom is 0.169 e. The highest BCUT2D eigenvalue weighted by Gasteiger charge is 2.22. The van der Waals surface area contributed by atoms with Crippen molar-refractivity contribution >= 4 is 11.5 Å². The first-order chi connectivity index (χ1) is 13.2. The molecule has 1 aromatic heterocycles. The van der Waals surface area contributed by atoms with Crippen LogP contribution >= 0.6 is 0 Å². The van der Waals surface area contributed by atoms with Gasteiger partial charge < -0.3 is 21.1 Å². The number of nitrogen functional groups attached to an aromatic ring is 1. The van der Waals surface area contributed by atoms with Crippen molar-refractivity contribution in [2.75, 3.05) is 30.3 Å². The first-order valence-corrected chi connectivity index (χ1v) is 9.14. The number of piperazine rings is 1. The first-order valence-electron chi connectivity index (χ1n) is 9.14. The molecule has 138 valence electrons. The van der Waals surface area contributed by atoms with E-state index in [-0.39, 0.29) is 5.75 Å². The van der Waals surface area contributed by atoms with E-state index in [1.54, 1.807) is 12.1 Å². The van der Waals surface area contributed by atoms with Gasteiger partial charge in [-0.2, -0.15) is 0 Å². The van der Waals surface area contributed by atoms with Crippen LogP contribution < -0.4 is 16.0 Å². The lowest BCUT2D eigenvalue weighted by Gasteiger charge is -2.35. The molecule has 1 aliphatic rings. The summed E-state index contributed by atoms with van der Waals surface area (Å²) in [7, 11) is 0. The van der Waals surface area contributed by atoms with Crippen LogP contribution in [0.3, 0.4) is 0 Å². The van der Waals surface area contributed by atoms with Gasteiger partial charge in [-0.05, 0) is 30.2 Å². The summed E-state index contributed by atoms with van der Waals surface area (Å²) in [6, 6.07) is 19.9. The first kappa shape index (κ1) is 17.3. The van der Waals surface area contributed by atoms with Crippen molar-refractivity contribution in [3.05, 3.63) is 66.2 Å². The lowest BCUT2D eigenvalue weighted by atomic mass is 10.0. The summed E-state index contributed by atoms with van der Waals surface area (Å²) in [5.74, 6) is 0.597. The van der Waals surface area contributed by atoms with E-state index in [1.165, 1.54) is 5.56 Å². The van der Waals surface area contributed by atoms with Gasteiger partial charge in [-0.15, -0.1) is 10.2 Å². The molecule has 6 nitrogen and oxygen atoms in total. The second-order valence-corrected chi connectivity index (χ2v) is 6.80. The largest absolute Gasteiger partial charge is 0.507 e. The Hall–Kier alpha value is -3.12. The van der Waals surface area contributed by atoms with Crippen LogP contribution in [0.2, 0.25) is 0 Å². The summed E-state index contributed by atoms with van der Waals surface area (Å²) < 4.78 is 0. The number of benzene rings is 2. The molecule has 1 aliphatic heterocycles. The van der Waals surface area contributed by atoms with E-state index >= 15 is 0 Å². The molecule has 0 saturated carbocycles. The number of aromatic hydroxyl groups is 1. The van der Waals surface area contributed by atoms with Crippen LogP contribution in [0, 0.1) is 0 Å². The van der Waals surface area contributed by atoms with Crippen molar-refractivity contribution in [1.82, 2.24) is 15.5 Å². The zero-order chi connectivity index (χ0) is 18.6. The van der Waals surface area contributed by atoms with E-state index in [9.17, 15) is 5.11 Å². The minimum atomic E-state index is 0.185. The maximum absolute atomic E-state index is 10.1. The predicted molar refractivity (Wildman–Crippen MR) is 108 cm³/mol. The van der Waals surface area contributed by atoms with Gasteiger partial charge >= 0.3 is 0 Å². The molecule has 0 bridgehead atoms. The number of phenols is 1. The average molecular weight is 361 g/mol. The molecule has 1 atom stereocenters. The van der Waals surface area contributed by atoms with Crippen LogP contribution in [-0.4, -0.2) is 41.0 Å². The predicted octanol–water partition coefficient (Wildman–Crippen LogP) is 2.45. The fourth-order valence-electron chi connectivity index (χ4n) is 3.55. The molecule has 0 aliphatic carbocycles. The van der Waals surface area contributed by atoms with Crippen molar-refractivity contribution in [2.24, 2.45) is 0 Å². The molecule has 3 aromatic rings. The minimum absolute atomic E-state index is 0.185. The number of hydrogen-bond donors (Lipinski definition) is 3. The molecular formula is C21H23N5O. The number of nitrogens with two attached hydrogens (primary N) is 1. The van der Waals surface area contributed by atoms with E-state index < -0.39 is 0 Å². The van der Waals surface area contributed by atoms with Gasteiger partial charge in [0, 0.05) is 31.2 Å². The third-order valence-electron chi connectivity index (χ3n) is 4.90. The number of phenolic OH excluding ortho intramolecular Hbond substituents is 1. The summed E-state index contributed by atoms with van der Waals surface area (Å²) in [6.45, 7) is 2.57. The third-order valence-corrected chi connectivity index (χ3v) is 4.90. The zero-order valence-electron chi connectivity index (χ0n) is 15.0. The van der Waals surface area contributed by atoms with Crippen LogP contribution in [0.5, 0.6) is 5.75 Å². The van der Waals surface area contributed by atoms with Gasteiger partial charge in [0.05, 0.1) is 11.4 Å². The van der Waals surface area contributed by atoms with E-state index in [0.29, 0.717) is 23.1 Å². The third kappa shape index (κ3) is 3.85. The number of nitrogens with one attached hydrogen (secondary N) is 1. The number of aromatic nitrogens is 2. The Morgan fingerprint density at radius 1 is 1.07 bits per heavy atom. The highest BCUT2D eigenvalue weighted by atomic mass is 16.3. The topological polar surface area (TPSA) is 87.3 Å². The summed E-state index contributed by atoms with van der Waals surface area (Å²) >= 11 is 0. The average Bonchev–Trinajstić information content (AvgIpc) is 2.70. The number of rotatable bonds is 4. The Bertz CT molecular complexity index is 915. The molecule has 1 fully saturated rings. The Morgan fingerprint density at radius 3 is 2.67 bits per heavy atom. The Labute approximate surface area is 158 Å². The van der Waals surface area contributed by atoms with Gasteiger partial charge in [-0.25, -0.2) is 0 Å². The van der Waals surface area contributed by atoms with Crippen LogP contribution in [0.1, 0.15) is 5.56 Å². The lowest BCUT2D eigenvalue weighted by Crippen LogP contribution is -2.51. The second kappa shape index (κ2) is 7.63. The summed E-state index contributed by atoms with van der Waals surface area (Å²) in [4.78, 5) is 2.25. The number of nitrogens with zero attached hydrogens (tertiary/aromatic N) is 3. The molecule has 2 heterocycles. The molecule has 6 heteroatoms. The molecule has 4 N–H and O–H groups in total. The molecule has 0 spiro atoms. The summed E-state index contributed by atoms with van der Waals surface area (Å²) in [6.07, 6.45) is 0.960. The fourth-order valence-corrected chi connectivity index (χ4v) is 3.55. The van der Waals surface area contributed by atoms with Crippen LogP contribution in [-0.2, 0) is 6.42 Å². The SMILES string of the molecule is Nc1nnc(-c2ccccc2O)cc1N1CCNC(Cc2ccccc2)C1. The number of anilines is 2. The van der Waals surface area contributed by atoms with Gasteiger partial charge in [0.1, 0.15) is 5.75 Å². The zero-order valence-corrected chi connectivity index (χ0v) is 15.0. The summed E-state index contributed by atoms with van der Waals surface area (Å²) in [5, 5.41) is 22.0. The van der Waals surface area contributed by atoms with E-state index in [2.05, 4.69) is 44.7 Å². The van der Waals surface area contributed by atoms with Crippen molar-refractivity contribution < 1.29 is 5.11 Å². The van der Waals surface area contributed by atoms with Crippen LogP contribution in [0.15, 0.2) is 60.7 Å². The fraction of sp³-hybridized carbons (Fsp3) is 0.238. The number of para-hydroxylation sites is 1. The van der Waals surface area contributed by atoms with Gasteiger partial charge in [-0.3, -0.25) is 0 Å². The molecule has 0 amide bonds. The van der Waals surface area contributed by atoms with Crippen molar-refractivity contribution in [1.29, 1.82) is 0 Å². The van der Waals surface area contributed by atoms with Crippen molar-refractivity contribution in [3.8, 4) is 17.0 Å². The monoisotopic (exact) mass is 361 g/mol. The standard InChI is InChI=1S/C21H23N5O/c22-21-19(13-18(24-25-21)17-8-4-5-9-20(17)27)26-11-10-23-16(14-26)12-15-6-2-1-3-7-15/h1-9,13,16,23,27H,10-12,14H2,(H2,22,25). The van der Waals surface area contributed by atoms with Gasteiger partial charge in [0.25, 0.3) is 0 Å². The Balaban J connectivity index is 1.57. The molecular weight excluding hydrogens is 338 g/mol. The molecule has 4 rings (SSSR count). The van der Waals surface area contributed by atoms with Crippen LogP contribution in [0.4, 0.5) is 11.5 Å². The van der Waals surface area contributed by atoms with Crippen molar-refractivity contribution in [3.63, 3.8) is 0 Å². The molecule has 0 radical (unpaired) electrons. The molecule has 1 saturated heterocycles. The quantitative estimate of drug-likeness (QED) is 0.662. The van der Waals surface area contributed by atoms with Crippen molar-refractivity contribution in [2.45, 2.75) is 12.5 Å². The highest BCUT2D eigenvalue weighted by molar-refractivity contribution is 5.74. The normalized spacial score (nSPS) is 17.0. The van der Waals surface area contributed by atoms with E-state index in [1.807, 2.05) is 24.3 Å². The smallest absolute Gasteiger partial charge is 0.169 e. The summed E-state index contributed by atoms with van der Waals surface area (Å²) in [5.41, 5.74) is 9.59. The molecule has 1 unspecified atom stereocenters. The maximum atomic E-state index is 10.1. The highest BCUT2D eigenvalue weighted by Crippen LogP contribution is 2.31. The second-order valence-electron chi connectivity index (χ2n) is 6.80. The Kier molecular flexibility index (Phi) is 4.89. The number of hydrogen-bond acceptors (Lipinski definition) is 6. The van der Waals surface area contributed by atoms with Gasteiger partial charge in [0.15, 0.2) is 5.82 Å². The minimum Gasteiger partial charge on any atom is -0.507 e. The van der Waals surface area contributed by atoms with E-state index in [4.69, 9.17) is 5.73 Å².